The van der Waals surface area contributed by atoms with E-state index in [4.69, 9.17) is 5.73 Å². The van der Waals surface area contributed by atoms with Crippen molar-refractivity contribution in [1.82, 2.24) is 9.21 Å². The molecule has 2 N–H and O–H groups in total. The molecule has 1 aromatic carbocycles. The molecular weight excluding hydrogens is 362 g/mol. The molecular formula is C20H31N3O3S. The molecule has 3 rings (SSSR count). The molecule has 0 aliphatic carbocycles. The zero-order valence-corrected chi connectivity index (χ0v) is 16.8. The van der Waals surface area contributed by atoms with Gasteiger partial charge in [-0.05, 0) is 62.3 Å². The number of benzene rings is 1. The van der Waals surface area contributed by atoms with Gasteiger partial charge in [-0.2, -0.15) is 4.31 Å². The van der Waals surface area contributed by atoms with Gasteiger partial charge in [0.15, 0.2) is 0 Å². The van der Waals surface area contributed by atoms with Crippen molar-refractivity contribution in [3.8, 4) is 0 Å². The lowest BCUT2D eigenvalue weighted by Crippen LogP contribution is -2.40. The summed E-state index contributed by atoms with van der Waals surface area (Å²) in [5.41, 5.74) is 6.70. The minimum absolute atomic E-state index is 0.176. The maximum absolute atomic E-state index is 12.7. The third kappa shape index (κ3) is 5.09. The van der Waals surface area contributed by atoms with Crippen LogP contribution < -0.4 is 5.73 Å². The first-order valence-electron chi connectivity index (χ1n) is 10.1. The number of carbonyl (C=O) groups is 1. The summed E-state index contributed by atoms with van der Waals surface area (Å²) in [6, 6.07) is 7.03. The topological polar surface area (TPSA) is 83.7 Å². The minimum Gasteiger partial charge on any atom is -0.343 e. The maximum atomic E-state index is 12.7. The van der Waals surface area contributed by atoms with E-state index in [2.05, 4.69) is 0 Å². The molecule has 6 nitrogen and oxygen atoms in total. The van der Waals surface area contributed by atoms with E-state index in [1.165, 1.54) is 0 Å². The first-order chi connectivity index (χ1) is 13.0. The van der Waals surface area contributed by atoms with E-state index in [1.807, 2.05) is 17.0 Å². The Balaban J connectivity index is 1.52. The van der Waals surface area contributed by atoms with Crippen LogP contribution in [0.4, 0.5) is 0 Å². The number of sulfonamides is 1. The Hall–Kier alpha value is -1.44. The zero-order valence-electron chi connectivity index (χ0n) is 16.0. The van der Waals surface area contributed by atoms with Gasteiger partial charge in [0.05, 0.1) is 4.90 Å². The van der Waals surface area contributed by atoms with Gasteiger partial charge in [0.2, 0.25) is 15.9 Å². The van der Waals surface area contributed by atoms with E-state index in [1.54, 1.807) is 16.4 Å². The molecule has 1 aromatic rings. The molecule has 0 bridgehead atoms. The predicted molar refractivity (Wildman–Crippen MR) is 106 cm³/mol. The SMILES string of the molecule is NCC1CCN(C(=O)CCc2ccc(S(=O)(=O)N3CCCCC3)cc2)CC1. The van der Waals surface area contributed by atoms with E-state index in [9.17, 15) is 13.2 Å². The summed E-state index contributed by atoms with van der Waals surface area (Å²) in [6.07, 6.45) is 6.05. The zero-order chi connectivity index (χ0) is 19.3. The number of hydrogen-bond donors (Lipinski definition) is 1. The molecule has 0 radical (unpaired) electrons. The molecule has 0 unspecified atom stereocenters. The smallest absolute Gasteiger partial charge is 0.243 e. The number of nitrogens with two attached hydrogens (primary N) is 1. The van der Waals surface area contributed by atoms with E-state index < -0.39 is 10.0 Å². The molecule has 7 heteroatoms. The van der Waals surface area contributed by atoms with Crippen molar-refractivity contribution in [2.24, 2.45) is 11.7 Å². The molecule has 2 aliphatic rings. The van der Waals surface area contributed by atoms with Crippen LogP contribution in [-0.4, -0.2) is 56.3 Å². The number of hydrogen-bond acceptors (Lipinski definition) is 4. The van der Waals surface area contributed by atoms with E-state index in [-0.39, 0.29) is 5.91 Å². The number of rotatable bonds is 6. The van der Waals surface area contributed by atoms with Crippen molar-refractivity contribution in [3.05, 3.63) is 29.8 Å². The van der Waals surface area contributed by atoms with Crippen LogP contribution in [0.15, 0.2) is 29.2 Å². The second-order valence-corrected chi connectivity index (χ2v) is 9.61. The van der Waals surface area contributed by atoms with Crippen LogP contribution in [0.2, 0.25) is 0 Å². The maximum Gasteiger partial charge on any atom is 0.243 e. The highest BCUT2D eigenvalue weighted by atomic mass is 32.2. The first-order valence-corrected chi connectivity index (χ1v) is 11.5. The van der Waals surface area contributed by atoms with Gasteiger partial charge in [-0.15, -0.1) is 0 Å². The summed E-state index contributed by atoms with van der Waals surface area (Å²) in [7, 11) is -3.39. The lowest BCUT2D eigenvalue weighted by molar-refractivity contribution is -0.132. The van der Waals surface area contributed by atoms with Gasteiger partial charge in [-0.3, -0.25) is 4.79 Å². The van der Waals surface area contributed by atoms with Gasteiger partial charge in [0.25, 0.3) is 0 Å². The van der Waals surface area contributed by atoms with Crippen molar-refractivity contribution in [1.29, 1.82) is 0 Å². The number of nitrogens with zero attached hydrogens (tertiary/aromatic N) is 2. The molecule has 2 heterocycles. The largest absolute Gasteiger partial charge is 0.343 e. The predicted octanol–water partition coefficient (Wildman–Crippen LogP) is 1.99. The molecule has 27 heavy (non-hydrogen) atoms. The van der Waals surface area contributed by atoms with Crippen molar-refractivity contribution in [2.45, 2.75) is 49.8 Å². The summed E-state index contributed by atoms with van der Waals surface area (Å²) in [6.45, 7) is 3.52. The molecule has 0 spiro atoms. The Morgan fingerprint density at radius 2 is 1.63 bits per heavy atom. The van der Waals surface area contributed by atoms with Gasteiger partial charge in [-0.25, -0.2) is 8.42 Å². The monoisotopic (exact) mass is 393 g/mol. The molecule has 0 aromatic heterocycles. The van der Waals surface area contributed by atoms with Crippen molar-refractivity contribution in [2.75, 3.05) is 32.7 Å². The van der Waals surface area contributed by atoms with Crippen molar-refractivity contribution in [3.63, 3.8) is 0 Å². The van der Waals surface area contributed by atoms with Gasteiger partial charge >= 0.3 is 0 Å². The quantitative estimate of drug-likeness (QED) is 0.801. The van der Waals surface area contributed by atoms with Crippen LogP contribution in [0.25, 0.3) is 0 Å². The summed E-state index contributed by atoms with van der Waals surface area (Å²) < 4.78 is 26.9. The molecule has 2 fully saturated rings. The highest BCUT2D eigenvalue weighted by molar-refractivity contribution is 7.89. The van der Waals surface area contributed by atoms with Crippen LogP contribution in [0.5, 0.6) is 0 Å². The standard InChI is InChI=1S/C20H31N3O3S/c21-16-18-10-14-22(15-11-18)20(24)9-6-17-4-7-19(8-5-17)27(25,26)23-12-2-1-3-13-23/h4-5,7-8,18H,1-3,6,9-16,21H2. The third-order valence-electron chi connectivity index (χ3n) is 5.80. The van der Waals surface area contributed by atoms with E-state index >= 15 is 0 Å². The van der Waals surface area contributed by atoms with Crippen LogP contribution >= 0.6 is 0 Å². The number of likely N-dealkylation sites (tertiary alicyclic amines) is 1. The van der Waals surface area contributed by atoms with Crippen LogP contribution in [0, 0.1) is 5.92 Å². The Morgan fingerprint density at radius 1 is 1.00 bits per heavy atom. The molecule has 0 atom stereocenters. The number of carbonyl (C=O) groups excluding carboxylic acids is 1. The fourth-order valence-electron chi connectivity index (χ4n) is 3.91. The van der Waals surface area contributed by atoms with Crippen LogP contribution in [0.3, 0.4) is 0 Å². The Morgan fingerprint density at radius 3 is 2.22 bits per heavy atom. The lowest BCUT2D eigenvalue weighted by atomic mass is 9.97. The second kappa shape index (κ2) is 9.17. The van der Waals surface area contributed by atoms with Crippen molar-refractivity contribution >= 4 is 15.9 Å². The Bertz CT molecular complexity index is 719. The lowest BCUT2D eigenvalue weighted by Gasteiger charge is -2.31. The summed E-state index contributed by atoms with van der Waals surface area (Å²) in [5, 5.41) is 0. The molecule has 150 valence electrons. The minimum atomic E-state index is -3.39. The average Bonchev–Trinajstić information content (AvgIpc) is 2.73. The average molecular weight is 394 g/mol. The Kier molecular flexibility index (Phi) is 6.89. The number of aryl methyl sites for hydroxylation is 1. The van der Waals surface area contributed by atoms with Gasteiger partial charge in [0, 0.05) is 32.6 Å². The summed E-state index contributed by atoms with van der Waals surface area (Å²) >= 11 is 0. The third-order valence-corrected chi connectivity index (χ3v) is 7.72. The molecule has 0 saturated carbocycles. The number of amides is 1. The van der Waals surface area contributed by atoms with Gasteiger partial charge < -0.3 is 10.6 Å². The fraction of sp³-hybridized carbons (Fsp3) is 0.650. The summed E-state index contributed by atoms with van der Waals surface area (Å²) in [5.74, 6) is 0.721. The van der Waals surface area contributed by atoms with Gasteiger partial charge in [0.1, 0.15) is 0 Å². The van der Waals surface area contributed by atoms with E-state index in [0.29, 0.717) is 43.3 Å². The Labute approximate surface area is 162 Å². The van der Waals surface area contributed by atoms with E-state index in [0.717, 1.165) is 50.8 Å². The van der Waals surface area contributed by atoms with Gasteiger partial charge in [-0.1, -0.05) is 18.6 Å². The normalized spacial score (nSPS) is 20.0. The second-order valence-electron chi connectivity index (χ2n) is 7.67. The van der Waals surface area contributed by atoms with Crippen molar-refractivity contribution < 1.29 is 13.2 Å². The number of piperidine rings is 2. The highest BCUT2D eigenvalue weighted by Crippen LogP contribution is 2.21. The first kappa shape index (κ1) is 20.3. The molecule has 2 saturated heterocycles. The highest BCUT2D eigenvalue weighted by Gasteiger charge is 2.26. The molecule has 1 amide bonds. The fourth-order valence-corrected chi connectivity index (χ4v) is 5.43. The molecule has 2 aliphatic heterocycles. The van der Waals surface area contributed by atoms with Crippen LogP contribution in [-0.2, 0) is 21.2 Å². The van der Waals surface area contributed by atoms with Crippen LogP contribution in [0.1, 0.15) is 44.1 Å². The summed E-state index contributed by atoms with van der Waals surface area (Å²) in [4.78, 5) is 14.7.